The maximum absolute atomic E-state index is 12.3. The first-order valence-electron chi connectivity index (χ1n) is 7.42. The highest BCUT2D eigenvalue weighted by atomic mass is 16.6. The quantitative estimate of drug-likeness (QED) is 0.348. The summed E-state index contributed by atoms with van der Waals surface area (Å²) in [5.74, 6) is -1.34. The van der Waals surface area contributed by atoms with Crippen LogP contribution in [0.3, 0.4) is 0 Å². The van der Waals surface area contributed by atoms with Crippen molar-refractivity contribution in [2.45, 2.75) is 0 Å². The van der Waals surface area contributed by atoms with Crippen LogP contribution in [0.5, 0.6) is 0 Å². The lowest BCUT2D eigenvalue weighted by atomic mass is 10.1. The van der Waals surface area contributed by atoms with E-state index in [1.807, 2.05) is 30.3 Å². The van der Waals surface area contributed by atoms with E-state index in [4.69, 9.17) is 4.74 Å². The summed E-state index contributed by atoms with van der Waals surface area (Å²) < 4.78 is 11.0. The first kappa shape index (κ1) is 16.4. The van der Waals surface area contributed by atoms with Gasteiger partial charge in [0.05, 0.1) is 13.1 Å². The average molecular weight is 340 g/mol. The van der Waals surface area contributed by atoms with Crippen molar-refractivity contribution in [3.05, 3.63) is 53.8 Å². The number of carbonyl (C=O) groups excluding carboxylic acids is 1. The van der Waals surface area contributed by atoms with Crippen LogP contribution in [0.2, 0.25) is 0 Å². The summed E-state index contributed by atoms with van der Waals surface area (Å²) in [5, 5.41) is 20.7. The van der Waals surface area contributed by atoms with Gasteiger partial charge in [-0.3, -0.25) is 0 Å². The Morgan fingerprint density at radius 3 is 2.60 bits per heavy atom. The predicted molar refractivity (Wildman–Crippen MR) is 85.3 cm³/mol. The Balaban J connectivity index is 2.47. The maximum Gasteiger partial charge on any atom is 0.342 e. The lowest BCUT2D eigenvalue weighted by Gasteiger charge is -2.08. The van der Waals surface area contributed by atoms with E-state index < -0.39 is 11.9 Å². The van der Waals surface area contributed by atoms with Gasteiger partial charge in [0.1, 0.15) is 17.8 Å². The summed E-state index contributed by atoms with van der Waals surface area (Å²) in [6.07, 6.45) is 1.09. The first-order valence-corrected chi connectivity index (χ1v) is 7.42. The lowest BCUT2D eigenvalue weighted by Crippen LogP contribution is -2.35. The molecular weight excluding hydrogens is 324 g/mol. The number of esters is 1. The van der Waals surface area contributed by atoms with E-state index in [0.717, 1.165) is 11.6 Å². The maximum atomic E-state index is 12.3. The molecule has 0 fully saturated rings. The van der Waals surface area contributed by atoms with E-state index in [0.29, 0.717) is 16.6 Å². The Morgan fingerprint density at radius 1 is 1.24 bits per heavy atom. The summed E-state index contributed by atoms with van der Waals surface area (Å²) in [7, 11) is 4.15. The Morgan fingerprint density at radius 2 is 1.96 bits per heavy atom. The summed E-state index contributed by atoms with van der Waals surface area (Å²) in [5.41, 5.74) is 2.13. The van der Waals surface area contributed by atoms with Crippen molar-refractivity contribution in [3.8, 4) is 11.1 Å². The van der Waals surface area contributed by atoms with Gasteiger partial charge in [0.25, 0.3) is 5.65 Å². The molecule has 0 radical (unpaired) electrons. The third kappa shape index (κ3) is 3.01. The minimum absolute atomic E-state index is 0.0358. The molecule has 3 aromatic rings. The molecule has 128 valence electrons. The molecule has 2 heterocycles. The Kier molecular flexibility index (Phi) is 4.34. The number of benzene rings is 1. The largest absolute Gasteiger partial charge is 0.617 e. The van der Waals surface area contributed by atoms with E-state index in [1.165, 1.54) is 23.5 Å². The molecule has 2 aromatic heterocycles. The van der Waals surface area contributed by atoms with Gasteiger partial charge < -0.3 is 14.6 Å². The van der Waals surface area contributed by atoms with Gasteiger partial charge in [0.2, 0.25) is 0 Å². The number of carbonyl (C=O) groups is 1. The van der Waals surface area contributed by atoms with E-state index >= 15 is 0 Å². The molecule has 0 unspecified atom stereocenters. The fraction of sp³-hybridized carbons (Fsp3) is 0.176. The minimum atomic E-state index is -0.673. The number of aromatic nitrogens is 4. The number of methoxy groups -OCH3 is 2. The van der Waals surface area contributed by atoms with E-state index in [-0.39, 0.29) is 5.57 Å². The number of hydrogen-bond acceptors (Lipinski definition) is 6. The summed E-state index contributed by atoms with van der Waals surface area (Å²) >= 11 is 0. The fourth-order valence-electron chi connectivity index (χ4n) is 2.55. The van der Waals surface area contributed by atoms with Crippen molar-refractivity contribution in [2.75, 3.05) is 14.2 Å². The van der Waals surface area contributed by atoms with Crippen LogP contribution in [0, 0.1) is 0 Å². The second kappa shape index (κ2) is 6.60. The number of tetrazole rings is 1. The van der Waals surface area contributed by atoms with Gasteiger partial charge in [-0.25, -0.2) is 4.79 Å². The summed E-state index contributed by atoms with van der Waals surface area (Å²) in [4.78, 5) is 13.7. The van der Waals surface area contributed by atoms with Crippen molar-refractivity contribution in [3.63, 3.8) is 0 Å². The van der Waals surface area contributed by atoms with Gasteiger partial charge in [0, 0.05) is 11.6 Å². The number of ether oxygens (including phenoxy) is 2. The monoisotopic (exact) mass is 340 g/mol. The molecule has 0 saturated carbocycles. The zero-order valence-electron chi connectivity index (χ0n) is 14.0. The molecule has 25 heavy (non-hydrogen) atoms. The third-order valence-corrected chi connectivity index (χ3v) is 3.63. The molecule has 0 amide bonds. The van der Waals surface area contributed by atoms with Crippen LogP contribution in [0.25, 0.3) is 22.3 Å². The molecule has 0 spiro atoms. The molecule has 0 bridgehead atoms. The number of aryl methyl sites for hydroxylation is 1. The van der Waals surface area contributed by atoms with Crippen LogP contribution in [0.4, 0.5) is 0 Å². The highest BCUT2D eigenvalue weighted by Gasteiger charge is 2.23. The average Bonchev–Trinajstić information content (AvgIpc) is 3.15. The topological polar surface area (TPSA) is 92.7 Å². The van der Waals surface area contributed by atoms with Gasteiger partial charge in [-0.1, -0.05) is 34.8 Å². The van der Waals surface area contributed by atoms with Crippen LogP contribution in [0.1, 0.15) is 0 Å². The van der Waals surface area contributed by atoms with E-state index in [9.17, 15) is 9.90 Å². The number of nitrogens with zero attached hydrogens (tertiary/aromatic N) is 4. The van der Waals surface area contributed by atoms with Crippen LogP contribution >= 0.6 is 0 Å². The fourth-order valence-corrected chi connectivity index (χ4v) is 2.55. The third-order valence-electron chi connectivity index (χ3n) is 3.63. The molecular formula is C17H16N4O4. The molecule has 0 saturated heterocycles. The van der Waals surface area contributed by atoms with Gasteiger partial charge >= 0.3 is 5.97 Å². The van der Waals surface area contributed by atoms with E-state index in [2.05, 4.69) is 15.0 Å². The van der Waals surface area contributed by atoms with Gasteiger partial charge in [-0.2, -0.15) is 0 Å². The first-order chi connectivity index (χ1) is 12.0. The molecule has 8 heteroatoms. The molecule has 0 atom stereocenters. The molecule has 0 aliphatic rings. The summed E-state index contributed by atoms with van der Waals surface area (Å²) in [6, 6.07) is 11.2. The highest BCUT2D eigenvalue weighted by molar-refractivity contribution is 6.14. The van der Waals surface area contributed by atoms with Gasteiger partial charge in [0.15, 0.2) is 5.35 Å². The zero-order chi connectivity index (χ0) is 18.0. The Bertz CT molecular complexity index is 1010. The standard InChI is InChI=1S/C17H16N4O4/c1-20-18-14-9-12(11-7-5-4-6-8-11)16(21(14)19-20)13(17(23)25-3)10-15(22)24-2/h4-10H,1-3H3. The smallest absolute Gasteiger partial charge is 0.342 e. The van der Waals surface area contributed by atoms with Crippen molar-refractivity contribution >= 4 is 17.2 Å². The van der Waals surface area contributed by atoms with Crippen molar-refractivity contribution in [1.29, 1.82) is 0 Å². The van der Waals surface area contributed by atoms with Gasteiger partial charge in [-0.15, -0.1) is 0 Å². The molecule has 8 nitrogen and oxygen atoms in total. The zero-order valence-corrected chi connectivity index (χ0v) is 14.0. The van der Waals surface area contributed by atoms with Crippen LogP contribution in [-0.4, -0.2) is 35.0 Å². The van der Waals surface area contributed by atoms with Crippen LogP contribution in [-0.2, 0) is 21.3 Å². The number of fused-ring (bicyclic) bond motifs is 1. The highest BCUT2D eigenvalue weighted by Crippen LogP contribution is 2.18. The number of hydrogen-bond donors (Lipinski definition) is 0. The second-order valence-corrected chi connectivity index (χ2v) is 5.19. The second-order valence-electron chi connectivity index (χ2n) is 5.19. The van der Waals surface area contributed by atoms with Crippen molar-refractivity contribution < 1.29 is 24.2 Å². The molecule has 0 aliphatic carbocycles. The predicted octanol–water partition coefficient (Wildman–Crippen LogP) is -0.888. The summed E-state index contributed by atoms with van der Waals surface area (Å²) in [6.45, 7) is 0. The van der Waals surface area contributed by atoms with E-state index in [1.54, 1.807) is 13.1 Å². The Labute approximate surface area is 143 Å². The van der Waals surface area contributed by atoms with Crippen LogP contribution in [0.15, 0.2) is 48.4 Å². The molecule has 0 aliphatic heterocycles. The SMILES string of the molecule is COC(=O)C(/C=C(\[O-])OC)=c1\c(-c2ccccc2)cc2n[n+](C)nn12. The lowest BCUT2D eigenvalue weighted by molar-refractivity contribution is -0.783. The minimum Gasteiger partial charge on any atom is -0.617 e. The van der Waals surface area contributed by atoms with Gasteiger partial charge in [-0.05, 0) is 28.6 Å². The van der Waals surface area contributed by atoms with Crippen molar-refractivity contribution in [1.82, 2.24) is 14.8 Å². The van der Waals surface area contributed by atoms with Crippen molar-refractivity contribution in [2.24, 2.45) is 7.05 Å². The Hall–Kier alpha value is -3.42. The normalized spacial score (nSPS) is 13.0. The number of rotatable bonds is 4. The molecule has 0 N–H and O–H groups in total. The van der Waals surface area contributed by atoms with Crippen LogP contribution < -0.4 is 15.3 Å². The molecule has 1 aromatic carbocycles. The molecule has 3 rings (SSSR count).